The Bertz CT molecular complexity index is 427. The van der Waals surface area contributed by atoms with Gasteiger partial charge in [-0.3, -0.25) is 0 Å². The number of nitrogens with one attached hydrogen (secondary N) is 1. The number of nitrogen functional groups attached to an aromatic ring is 1. The Morgan fingerprint density at radius 2 is 2.00 bits per heavy atom. The van der Waals surface area contributed by atoms with Crippen molar-refractivity contribution in [2.75, 3.05) is 24.2 Å². The molecule has 1 rings (SSSR count). The van der Waals surface area contributed by atoms with Crippen molar-refractivity contribution in [2.24, 2.45) is 11.3 Å². The van der Waals surface area contributed by atoms with Crippen molar-refractivity contribution < 1.29 is 9.13 Å². The minimum atomic E-state index is -0.422. The average Bonchev–Trinajstić information content (AvgIpc) is 2.29. The van der Waals surface area contributed by atoms with Crippen LogP contribution >= 0.6 is 0 Å². The van der Waals surface area contributed by atoms with E-state index in [0.717, 1.165) is 12.2 Å². The Balaban J connectivity index is 2.81. The van der Waals surface area contributed by atoms with Gasteiger partial charge in [0, 0.05) is 18.7 Å². The second-order valence-corrected chi connectivity index (χ2v) is 5.95. The normalized spacial score (nSPS) is 13.2. The second kappa shape index (κ2) is 6.13. The molecule has 3 N–H and O–H groups in total. The third-order valence-electron chi connectivity index (χ3n) is 3.48. The first-order valence-electron chi connectivity index (χ1n) is 6.71. The fraction of sp³-hybridized carbons (Fsp3) is 0.600. The predicted molar refractivity (Wildman–Crippen MR) is 79.1 cm³/mol. The van der Waals surface area contributed by atoms with Crippen LogP contribution in [-0.2, 0) is 0 Å². The van der Waals surface area contributed by atoms with Gasteiger partial charge in [-0.1, -0.05) is 27.7 Å². The first-order chi connectivity index (χ1) is 8.75. The Hall–Kier alpha value is -1.45. The summed E-state index contributed by atoms with van der Waals surface area (Å²) in [4.78, 5) is 0. The molecule has 0 saturated carbocycles. The van der Waals surface area contributed by atoms with Gasteiger partial charge in [-0.2, -0.15) is 0 Å². The quantitative estimate of drug-likeness (QED) is 0.796. The molecule has 1 atom stereocenters. The number of anilines is 2. The number of hydrogen-bond acceptors (Lipinski definition) is 3. The summed E-state index contributed by atoms with van der Waals surface area (Å²) in [6.07, 6.45) is 0. The molecule has 19 heavy (non-hydrogen) atoms. The summed E-state index contributed by atoms with van der Waals surface area (Å²) in [6.45, 7) is 11.8. The number of nitrogens with two attached hydrogens (primary N) is 1. The number of benzene rings is 1. The Labute approximate surface area is 115 Å². The van der Waals surface area contributed by atoms with E-state index < -0.39 is 5.82 Å². The molecule has 0 aliphatic heterocycles. The van der Waals surface area contributed by atoms with Crippen LogP contribution < -0.4 is 15.8 Å². The molecule has 1 unspecified atom stereocenters. The highest BCUT2D eigenvalue weighted by Crippen LogP contribution is 2.30. The maximum absolute atomic E-state index is 13.6. The lowest BCUT2D eigenvalue weighted by Gasteiger charge is -2.28. The maximum atomic E-state index is 13.6. The molecule has 0 fully saturated rings. The second-order valence-electron chi connectivity index (χ2n) is 5.95. The van der Waals surface area contributed by atoms with Gasteiger partial charge in [-0.25, -0.2) is 4.39 Å². The molecule has 0 heterocycles. The standard InChI is InChI=1S/C15H25FN2O/c1-6-19-14-8-13(12(17)7-11(14)16)18-9-10(2)15(3,4)5/h7-8,10,18H,6,9,17H2,1-5H3. The van der Waals surface area contributed by atoms with Crippen molar-refractivity contribution in [3.8, 4) is 5.75 Å². The number of ether oxygens (including phenoxy) is 1. The smallest absolute Gasteiger partial charge is 0.167 e. The molecule has 0 radical (unpaired) electrons. The van der Waals surface area contributed by atoms with E-state index >= 15 is 0 Å². The van der Waals surface area contributed by atoms with Gasteiger partial charge in [-0.05, 0) is 18.3 Å². The van der Waals surface area contributed by atoms with Crippen LogP contribution in [0.25, 0.3) is 0 Å². The molecule has 0 aliphatic carbocycles. The van der Waals surface area contributed by atoms with Gasteiger partial charge in [0.25, 0.3) is 0 Å². The lowest BCUT2D eigenvalue weighted by molar-refractivity contribution is 0.274. The first-order valence-corrected chi connectivity index (χ1v) is 6.71. The van der Waals surface area contributed by atoms with Crippen molar-refractivity contribution in [3.63, 3.8) is 0 Å². The fourth-order valence-electron chi connectivity index (χ4n) is 1.56. The van der Waals surface area contributed by atoms with E-state index in [1.807, 2.05) is 6.92 Å². The zero-order chi connectivity index (χ0) is 14.6. The van der Waals surface area contributed by atoms with Gasteiger partial charge in [0.2, 0.25) is 0 Å². The average molecular weight is 268 g/mol. The summed E-state index contributed by atoms with van der Waals surface area (Å²) in [5, 5.41) is 3.27. The molecule has 0 spiro atoms. The van der Waals surface area contributed by atoms with E-state index in [0.29, 0.717) is 18.2 Å². The van der Waals surface area contributed by atoms with Crippen LogP contribution in [0.1, 0.15) is 34.6 Å². The SMILES string of the molecule is CCOc1cc(NCC(C)C(C)(C)C)c(N)cc1F. The van der Waals surface area contributed by atoms with Crippen LogP contribution in [0.5, 0.6) is 5.75 Å². The molecule has 1 aromatic carbocycles. The Morgan fingerprint density at radius 1 is 1.37 bits per heavy atom. The molecule has 3 nitrogen and oxygen atoms in total. The highest BCUT2D eigenvalue weighted by Gasteiger charge is 2.20. The highest BCUT2D eigenvalue weighted by molar-refractivity contribution is 5.68. The van der Waals surface area contributed by atoms with Crippen molar-refractivity contribution in [3.05, 3.63) is 17.9 Å². The summed E-state index contributed by atoms with van der Waals surface area (Å²) in [7, 11) is 0. The largest absolute Gasteiger partial charge is 0.491 e. The fourth-order valence-corrected chi connectivity index (χ4v) is 1.56. The van der Waals surface area contributed by atoms with E-state index in [4.69, 9.17) is 10.5 Å². The van der Waals surface area contributed by atoms with Crippen molar-refractivity contribution in [2.45, 2.75) is 34.6 Å². The van der Waals surface area contributed by atoms with Crippen molar-refractivity contribution >= 4 is 11.4 Å². The van der Waals surface area contributed by atoms with E-state index in [1.165, 1.54) is 6.07 Å². The lowest BCUT2D eigenvalue weighted by Crippen LogP contribution is -2.25. The molecule has 108 valence electrons. The zero-order valence-electron chi connectivity index (χ0n) is 12.5. The maximum Gasteiger partial charge on any atom is 0.167 e. The van der Waals surface area contributed by atoms with Gasteiger partial charge >= 0.3 is 0 Å². The molecule has 0 aromatic heterocycles. The van der Waals surface area contributed by atoms with Crippen LogP contribution in [0.4, 0.5) is 15.8 Å². The topological polar surface area (TPSA) is 47.3 Å². The number of halogens is 1. The molecule has 0 amide bonds. The summed E-state index contributed by atoms with van der Waals surface area (Å²) in [5.41, 5.74) is 7.16. The molecule has 0 saturated heterocycles. The third-order valence-corrected chi connectivity index (χ3v) is 3.48. The molecule has 0 bridgehead atoms. The molecule has 0 aliphatic rings. The summed E-state index contributed by atoms with van der Waals surface area (Å²) in [6, 6.07) is 2.93. The minimum absolute atomic E-state index is 0.213. The third kappa shape index (κ3) is 4.30. The van der Waals surface area contributed by atoms with E-state index in [2.05, 4.69) is 33.0 Å². The summed E-state index contributed by atoms with van der Waals surface area (Å²) < 4.78 is 18.8. The molecular weight excluding hydrogens is 243 g/mol. The van der Waals surface area contributed by atoms with Crippen LogP contribution in [0.3, 0.4) is 0 Å². The van der Waals surface area contributed by atoms with Crippen LogP contribution in [0, 0.1) is 17.2 Å². The Kier molecular flexibility index (Phi) is 5.04. The van der Waals surface area contributed by atoms with Gasteiger partial charge in [-0.15, -0.1) is 0 Å². The van der Waals surface area contributed by atoms with E-state index in [1.54, 1.807) is 6.07 Å². The van der Waals surface area contributed by atoms with E-state index in [-0.39, 0.29) is 11.2 Å². The number of hydrogen-bond donors (Lipinski definition) is 2. The van der Waals surface area contributed by atoms with E-state index in [9.17, 15) is 4.39 Å². The Morgan fingerprint density at radius 3 is 2.53 bits per heavy atom. The van der Waals surface area contributed by atoms with Crippen LogP contribution in [0.2, 0.25) is 0 Å². The van der Waals surface area contributed by atoms with Gasteiger partial charge in [0.15, 0.2) is 11.6 Å². The van der Waals surface area contributed by atoms with Crippen molar-refractivity contribution in [1.82, 2.24) is 0 Å². The molecule has 1 aromatic rings. The monoisotopic (exact) mass is 268 g/mol. The first kappa shape index (κ1) is 15.6. The minimum Gasteiger partial charge on any atom is -0.491 e. The predicted octanol–water partition coefficient (Wildman–Crippen LogP) is 3.90. The zero-order valence-corrected chi connectivity index (χ0v) is 12.5. The summed E-state index contributed by atoms with van der Waals surface area (Å²) >= 11 is 0. The van der Waals surface area contributed by atoms with Crippen molar-refractivity contribution in [1.29, 1.82) is 0 Å². The van der Waals surface area contributed by atoms with Gasteiger partial charge in [0.1, 0.15) is 0 Å². The highest BCUT2D eigenvalue weighted by atomic mass is 19.1. The lowest BCUT2D eigenvalue weighted by atomic mass is 9.82. The van der Waals surface area contributed by atoms with Crippen LogP contribution in [0.15, 0.2) is 12.1 Å². The molecular formula is C15H25FN2O. The van der Waals surface area contributed by atoms with Gasteiger partial charge in [0.05, 0.1) is 18.0 Å². The summed E-state index contributed by atoms with van der Waals surface area (Å²) in [5.74, 6) is 0.281. The van der Waals surface area contributed by atoms with Crippen LogP contribution in [-0.4, -0.2) is 13.2 Å². The molecule has 4 heteroatoms. The van der Waals surface area contributed by atoms with Gasteiger partial charge < -0.3 is 15.8 Å². The number of rotatable bonds is 5.